The summed E-state index contributed by atoms with van der Waals surface area (Å²) < 4.78 is 0. The minimum absolute atomic E-state index is 0.859. The summed E-state index contributed by atoms with van der Waals surface area (Å²) >= 11 is 0. The highest BCUT2D eigenvalue weighted by Crippen LogP contribution is 2.17. The summed E-state index contributed by atoms with van der Waals surface area (Å²) in [4.78, 5) is 10.5. The molecule has 18 heavy (non-hydrogen) atoms. The van der Waals surface area contributed by atoms with E-state index in [1.165, 1.54) is 5.56 Å². The molecule has 94 valence electrons. The predicted octanol–water partition coefficient (Wildman–Crippen LogP) is 2.54. The molecule has 0 aliphatic carbocycles. The number of nitrogens with one attached hydrogen (secondary N) is 1. The van der Waals surface area contributed by atoms with Crippen molar-refractivity contribution in [2.75, 3.05) is 23.8 Å². The van der Waals surface area contributed by atoms with Gasteiger partial charge < -0.3 is 10.2 Å². The minimum atomic E-state index is 0.859. The summed E-state index contributed by atoms with van der Waals surface area (Å²) in [6, 6.07) is 8.14. The Morgan fingerprint density at radius 2 is 1.94 bits per heavy atom. The maximum Gasteiger partial charge on any atom is 0.127 e. The molecule has 2 aromatic heterocycles. The number of hydrogen-bond acceptors (Lipinski definition) is 4. The monoisotopic (exact) mass is 242 g/mol. The lowest BCUT2D eigenvalue weighted by molar-refractivity contribution is 0.917. The highest BCUT2D eigenvalue weighted by atomic mass is 15.1. The molecule has 0 amide bonds. The Balaban J connectivity index is 2.08. The Hall–Kier alpha value is -2.10. The van der Waals surface area contributed by atoms with Crippen molar-refractivity contribution in [2.45, 2.75) is 13.5 Å². The predicted molar refractivity (Wildman–Crippen MR) is 74.7 cm³/mol. The molecule has 0 unspecified atom stereocenters. The summed E-state index contributed by atoms with van der Waals surface area (Å²) in [7, 11) is 2.07. The number of hydrogen-bond donors (Lipinski definition) is 1. The fourth-order valence-corrected chi connectivity index (χ4v) is 1.79. The average Bonchev–Trinajstić information content (AvgIpc) is 2.40. The molecule has 4 nitrogen and oxygen atoms in total. The lowest BCUT2D eigenvalue weighted by Crippen LogP contribution is -2.16. The SMILES string of the molecule is CCNc1cc(N(C)Cc2ccncc2)ccn1. The van der Waals surface area contributed by atoms with Gasteiger partial charge in [0.2, 0.25) is 0 Å². The van der Waals surface area contributed by atoms with Crippen LogP contribution in [0, 0.1) is 0 Å². The second kappa shape index (κ2) is 6.00. The first-order valence-corrected chi connectivity index (χ1v) is 6.09. The van der Waals surface area contributed by atoms with Crippen LogP contribution < -0.4 is 10.2 Å². The van der Waals surface area contributed by atoms with E-state index in [0.29, 0.717) is 0 Å². The number of aromatic nitrogens is 2. The number of pyridine rings is 2. The van der Waals surface area contributed by atoms with E-state index >= 15 is 0 Å². The molecule has 0 fully saturated rings. The molecule has 0 atom stereocenters. The maximum atomic E-state index is 4.27. The van der Waals surface area contributed by atoms with Gasteiger partial charge in [-0.2, -0.15) is 0 Å². The highest BCUT2D eigenvalue weighted by molar-refractivity contribution is 5.53. The Bertz CT molecular complexity index is 484. The van der Waals surface area contributed by atoms with Crippen molar-refractivity contribution in [3.8, 4) is 0 Å². The van der Waals surface area contributed by atoms with E-state index < -0.39 is 0 Å². The largest absolute Gasteiger partial charge is 0.370 e. The normalized spacial score (nSPS) is 10.1. The molecular formula is C14H18N4. The van der Waals surface area contributed by atoms with Gasteiger partial charge in [-0.05, 0) is 30.7 Å². The molecule has 0 aliphatic rings. The summed E-state index contributed by atoms with van der Waals surface area (Å²) in [5, 5.41) is 3.22. The third-order valence-corrected chi connectivity index (χ3v) is 2.71. The molecule has 0 saturated carbocycles. The maximum absolute atomic E-state index is 4.27. The van der Waals surface area contributed by atoms with E-state index in [4.69, 9.17) is 0 Å². The van der Waals surface area contributed by atoms with Gasteiger partial charge in [0.25, 0.3) is 0 Å². The summed E-state index contributed by atoms with van der Waals surface area (Å²) in [6.45, 7) is 3.80. The smallest absolute Gasteiger partial charge is 0.127 e. The van der Waals surface area contributed by atoms with E-state index in [1.54, 1.807) is 0 Å². The first kappa shape index (κ1) is 12.4. The fraction of sp³-hybridized carbons (Fsp3) is 0.286. The van der Waals surface area contributed by atoms with Gasteiger partial charge in [0.15, 0.2) is 0 Å². The van der Waals surface area contributed by atoms with Crippen molar-refractivity contribution in [3.63, 3.8) is 0 Å². The van der Waals surface area contributed by atoms with Crippen LogP contribution in [-0.2, 0) is 6.54 Å². The molecule has 2 rings (SSSR count). The van der Waals surface area contributed by atoms with Crippen molar-refractivity contribution < 1.29 is 0 Å². The first-order chi connectivity index (χ1) is 8.79. The minimum Gasteiger partial charge on any atom is -0.370 e. The van der Waals surface area contributed by atoms with Crippen LogP contribution in [0.25, 0.3) is 0 Å². The molecule has 0 aliphatic heterocycles. The Kier molecular flexibility index (Phi) is 4.12. The molecular weight excluding hydrogens is 224 g/mol. The molecule has 2 aromatic rings. The van der Waals surface area contributed by atoms with E-state index in [0.717, 1.165) is 24.6 Å². The third-order valence-electron chi connectivity index (χ3n) is 2.71. The van der Waals surface area contributed by atoms with E-state index in [1.807, 2.05) is 36.8 Å². The third kappa shape index (κ3) is 3.20. The van der Waals surface area contributed by atoms with Crippen molar-refractivity contribution in [3.05, 3.63) is 48.4 Å². The number of nitrogens with zero attached hydrogens (tertiary/aromatic N) is 3. The summed E-state index contributed by atoms with van der Waals surface area (Å²) in [6.07, 6.45) is 5.47. The lowest BCUT2D eigenvalue weighted by Gasteiger charge is -2.19. The van der Waals surface area contributed by atoms with Gasteiger partial charge in [-0.3, -0.25) is 4.98 Å². The second-order valence-electron chi connectivity index (χ2n) is 4.14. The summed E-state index contributed by atoms with van der Waals surface area (Å²) in [5.41, 5.74) is 2.40. The van der Waals surface area contributed by atoms with Crippen LogP contribution in [0.2, 0.25) is 0 Å². The Morgan fingerprint density at radius 1 is 1.17 bits per heavy atom. The van der Waals surface area contributed by atoms with Crippen LogP contribution >= 0.6 is 0 Å². The molecule has 1 N–H and O–H groups in total. The molecule has 4 heteroatoms. The summed E-state index contributed by atoms with van der Waals surface area (Å²) in [5.74, 6) is 0.913. The fourth-order valence-electron chi connectivity index (χ4n) is 1.79. The van der Waals surface area contributed by atoms with Gasteiger partial charge in [0.05, 0.1) is 0 Å². The second-order valence-corrected chi connectivity index (χ2v) is 4.14. The molecule has 0 aromatic carbocycles. The van der Waals surface area contributed by atoms with Gasteiger partial charge in [-0.15, -0.1) is 0 Å². The first-order valence-electron chi connectivity index (χ1n) is 6.09. The van der Waals surface area contributed by atoms with Crippen LogP contribution in [-0.4, -0.2) is 23.6 Å². The Labute approximate surface area is 108 Å². The Morgan fingerprint density at radius 3 is 2.67 bits per heavy atom. The molecule has 0 radical (unpaired) electrons. The van der Waals surface area contributed by atoms with Crippen LogP contribution in [0.5, 0.6) is 0 Å². The molecule has 0 saturated heterocycles. The standard InChI is InChI=1S/C14H18N4/c1-3-16-14-10-13(6-9-17-14)18(2)11-12-4-7-15-8-5-12/h4-10H,3,11H2,1-2H3,(H,16,17). The van der Waals surface area contributed by atoms with Crippen LogP contribution in [0.1, 0.15) is 12.5 Å². The van der Waals surface area contributed by atoms with Crippen molar-refractivity contribution >= 4 is 11.5 Å². The van der Waals surface area contributed by atoms with E-state index in [2.05, 4.69) is 40.2 Å². The van der Waals surface area contributed by atoms with Gasteiger partial charge in [0.1, 0.15) is 5.82 Å². The topological polar surface area (TPSA) is 41.0 Å². The van der Waals surface area contributed by atoms with Gasteiger partial charge in [-0.25, -0.2) is 4.98 Å². The van der Waals surface area contributed by atoms with Gasteiger partial charge in [0, 0.05) is 50.5 Å². The van der Waals surface area contributed by atoms with Crippen molar-refractivity contribution in [1.82, 2.24) is 9.97 Å². The van der Waals surface area contributed by atoms with E-state index in [-0.39, 0.29) is 0 Å². The van der Waals surface area contributed by atoms with Crippen LogP contribution in [0.15, 0.2) is 42.9 Å². The highest BCUT2D eigenvalue weighted by Gasteiger charge is 2.03. The van der Waals surface area contributed by atoms with E-state index in [9.17, 15) is 0 Å². The molecule has 0 spiro atoms. The number of rotatable bonds is 5. The zero-order chi connectivity index (χ0) is 12.8. The average molecular weight is 242 g/mol. The van der Waals surface area contributed by atoms with Gasteiger partial charge >= 0.3 is 0 Å². The van der Waals surface area contributed by atoms with Crippen LogP contribution in [0.3, 0.4) is 0 Å². The van der Waals surface area contributed by atoms with Crippen LogP contribution in [0.4, 0.5) is 11.5 Å². The lowest BCUT2D eigenvalue weighted by atomic mass is 10.2. The van der Waals surface area contributed by atoms with Gasteiger partial charge in [-0.1, -0.05) is 0 Å². The molecule has 2 heterocycles. The van der Waals surface area contributed by atoms with Crippen molar-refractivity contribution in [2.24, 2.45) is 0 Å². The zero-order valence-corrected chi connectivity index (χ0v) is 10.8. The quantitative estimate of drug-likeness (QED) is 0.874. The van der Waals surface area contributed by atoms with Crippen molar-refractivity contribution in [1.29, 1.82) is 0 Å². The zero-order valence-electron chi connectivity index (χ0n) is 10.8. The number of anilines is 2. The molecule has 0 bridgehead atoms.